The van der Waals surface area contributed by atoms with Crippen LogP contribution in [-0.4, -0.2) is 8.31 Å². The zero-order valence-electron chi connectivity index (χ0n) is 7.41. The average Bonchev–Trinajstić information content (AvgIpc) is 2.03. The average molecular weight is 381 g/mol. The van der Waals surface area contributed by atoms with Crippen LogP contribution >= 0.6 is 47.8 Å². The summed E-state index contributed by atoms with van der Waals surface area (Å²) in [5.74, 6) is 0.652. The molecule has 78 valence electrons. The van der Waals surface area contributed by atoms with Crippen molar-refractivity contribution in [1.29, 1.82) is 0 Å². The molecule has 0 nitrogen and oxygen atoms in total. The molecule has 0 heterocycles. The Balaban J connectivity index is 2.33. The van der Waals surface area contributed by atoms with E-state index in [-0.39, 0.29) is 4.83 Å². The van der Waals surface area contributed by atoms with Crippen LogP contribution in [-0.2, 0) is 0 Å². The third kappa shape index (κ3) is 5.12. The molecule has 0 aliphatic heterocycles. The third-order valence-electron chi connectivity index (χ3n) is 2.59. The lowest BCUT2D eigenvalue weighted by atomic mass is 9.86. The molecule has 0 aromatic heterocycles. The molecule has 0 aromatic carbocycles. The first-order valence-electron chi connectivity index (χ1n) is 4.70. The minimum atomic E-state index is -1.40. The highest BCUT2D eigenvalue weighted by Gasteiger charge is 2.30. The van der Waals surface area contributed by atoms with E-state index in [2.05, 4.69) is 47.8 Å². The second-order valence-electron chi connectivity index (χ2n) is 3.73. The maximum Gasteiger partial charge on any atom is 0.220 e. The van der Waals surface area contributed by atoms with Gasteiger partial charge in [-0.3, -0.25) is 0 Å². The van der Waals surface area contributed by atoms with Gasteiger partial charge in [-0.25, -0.2) is 4.39 Å². The Hall–Kier alpha value is 1.37. The van der Waals surface area contributed by atoms with Crippen molar-refractivity contribution < 1.29 is 4.39 Å². The van der Waals surface area contributed by atoms with E-state index in [1.807, 2.05) is 0 Å². The molecule has 1 rings (SSSR count). The lowest BCUT2D eigenvalue weighted by Crippen LogP contribution is -2.22. The first-order chi connectivity index (χ1) is 5.99. The minimum Gasteiger partial charge on any atom is -0.219 e. The van der Waals surface area contributed by atoms with Crippen molar-refractivity contribution in [3.8, 4) is 0 Å². The van der Waals surface area contributed by atoms with E-state index in [1.165, 1.54) is 32.1 Å². The van der Waals surface area contributed by atoms with Gasteiger partial charge >= 0.3 is 0 Å². The van der Waals surface area contributed by atoms with Crippen molar-refractivity contribution in [3.63, 3.8) is 0 Å². The highest BCUT2D eigenvalue weighted by Crippen LogP contribution is 2.40. The summed E-state index contributed by atoms with van der Waals surface area (Å²) >= 11 is 9.51. The molecule has 1 unspecified atom stereocenters. The van der Waals surface area contributed by atoms with E-state index in [0.717, 1.165) is 0 Å². The van der Waals surface area contributed by atoms with Gasteiger partial charge in [0.25, 0.3) is 0 Å². The first kappa shape index (κ1) is 12.4. The Morgan fingerprint density at radius 1 is 1.23 bits per heavy atom. The van der Waals surface area contributed by atoms with Crippen LogP contribution in [0.1, 0.15) is 38.5 Å². The maximum atomic E-state index is 13.2. The third-order valence-corrected chi connectivity index (χ3v) is 4.31. The highest BCUT2D eigenvalue weighted by molar-refractivity contribution is 9.25. The van der Waals surface area contributed by atoms with E-state index in [0.29, 0.717) is 12.3 Å². The largest absolute Gasteiger partial charge is 0.220 e. The first-order valence-corrected chi connectivity index (χ1v) is 7.20. The fourth-order valence-corrected chi connectivity index (χ4v) is 4.42. The van der Waals surface area contributed by atoms with Crippen LogP contribution in [0.2, 0.25) is 0 Å². The topological polar surface area (TPSA) is 0 Å². The number of hydrogen-bond donors (Lipinski definition) is 0. The fraction of sp³-hybridized carbons (Fsp3) is 1.00. The summed E-state index contributed by atoms with van der Waals surface area (Å²) in [6, 6.07) is 0. The smallest absolute Gasteiger partial charge is 0.219 e. The Kier molecular flexibility index (Phi) is 5.22. The van der Waals surface area contributed by atoms with Gasteiger partial charge < -0.3 is 0 Å². The number of halogens is 4. The lowest BCUT2D eigenvalue weighted by Gasteiger charge is -2.28. The van der Waals surface area contributed by atoms with E-state index in [1.54, 1.807) is 0 Å². The second-order valence-corrected chi connectivity index (χ2v) is 8.49. The van der Waals surface area contributed by atoms with Gasteiger partial charge in [-0.15, -0.1) is 0 Å². The van der Waals surface area contributed by atoms with Gasteiger partial charge in [0, 0.05) is 11.2 Å². The Morgan fingerprint density at radius 3 is 2.23 bits per heavy atom. The van der Waals surface area contributed by atoms with Gasteiger partial charge in [-0.05, 0) is 50.6 Å². The molecule has 0 spiro atoms. The van der Waals surface area contributed by atoms with Gasteiger partial charge in [-0.2, -0.15) is 0 Å². The predicted molar refractivity (Wildman–Crippen MR) is 65.6 cm³/mol. The Labute approximate surface area is 104 Å². The zero-order valence-corrected chi connectivity index (χ0v) is 12.2. The Bertz CT molecular complexity index is 149. The normalized spacial score (nSPS) is 23.1. The molecule has 0 saturated heterocycles. The van der Waals surface area contributed by atoms with Crippen molar-refractivity contribution in [2.45, 2.75) is 46.8 Å². The molecule has 0 aromatic rings. The quantitative estimate of drug-likeness (QED) is 0.595. The molecule has 1 saturated carbocycles. The van der Waals surface area contributed by atoms with E-state index in [4.69, 9.17) is 0 Å². The van der Waals surface area contributed by atoms with Crippen molar-refractivity contribution in [2.24, 2.45) is 5.92 Å². The highest BCUT2D eigenvalue weighted by atomic mass is 79.9. The summed E-state index contributed by atoms with van der Waals surface area (Å²) in [5, 5.41) is 0. The summed E-state index contributed by atoms with van der Waals surface area (Å²) < 4.78 is 11.8. The van der Waals surface area contributed by atoms with Gasteiger partial charge in [0.05, 0.1) is 0 Å². The van der Waals surface area contributed by atoms with Crippen LogP contribution in [0.3, 0.4) is 0 Å². The number of hydrogen-bond acceptors (Lipinski definition) is 0. The second kappa shape index (κ2) is 5.45. The van der Waals surface area contributed by atoms with Gasteiger partial charge in [-0.1, -0.05) is 35.2 Å². The van der Waals surface area contributed by atoms with Crippen LogP contribution < -0.4 is 0 Å². The summed E-state index contributed by atoms with van der Waals surface area (Å²) in [7, 11) is 0. The SMILES string of the molecule is FC(Br)(Br)CC(Br)C1CCCCC1. The zero-order chi connectivity index (χ0) is 9.90. The maximum absolute atomic E-state index is 13.2. The Morgan fingerprint density at radius 2 is 1.77 bits per heavy atom. The van der Waals surface area contributed by atoms with Crippen LogP contribution in [0.25, 0.3) is 0 Å². The summed E-state index contributed by atoms with van der Waals surface area (Å²) in [6.07, 6.45) is 6.92. The minimum absolute atomic E-state index is 0.288. The van der Waals surface area contributed by atoms with Crippen molar-refractivity contribution in [1.82, 2.24) is 0 Å². The van der Waals surface area contributed by atoms with Crippen molar-refractivity contribution in [2.75, 3.05) is 0 Å². The number of rotatable bonds is 3. The molecule has 0 radical (unpaired) electrons. The molecule has 13 heavy (non-hydrogen) atoms. The van der Waals surface area contributed by atoms with Crippen molar-refractivity contribution in [3.05, 3.63) is 0 Å². The molecule has 0 amide bonds. The van der Waals surface area contributed by atoms with Crippen LogP contribution in [0.4, 0.5) is 4.39 Å². The van der Waals surface area contributed by atoms with E-state index in [9.17, 15) is 4.39 Å². The number of alkyl halides is 4. The monoisotopic (exact) mass is 378 g/mol. The molecular formula is C9H14Br3F. The molecule has 4 heteroatoms. The van der Waals surface area contributed by atoms with E-state index >= 15 is 0 Å². The fourth-order valence-electron chi connectivity index (χ4n) is 1.88. The van der Waals surface area contributed by atoms with Crippen molar-refractivity contribution >= 4 is 47.8 Å². The molecule has 1 aliphatic rings. The van der Waals surface area contributed by atoms with Gasteiger partial charge in [0.1, 0.15) is 0 Å². The molecular weight excluding hydrogens is 367 g/mol. The van der Waals surface area contributed by atoms with Gasteiger partial charge in [0.15, 0.2) is 0 Å². The summed E-state index contributed by atoms with van der Waals surface area (Å²) in [5.41, 5.74) is 0. The molecule has 0 N–H and O–H groups in total. The molecule has 1 fully saturated rings. The van der Waals surface area contributed by atoms with Crippen LogP contribution in [0, 0.1) is 5.92 Å². The summed E-state index contributed by atoms with van der Waals surface area (Å²) in [6.45, 7) is 0. The molecule has 1 aliphatic carbocycles. The predicted octanol–water partition coefficient (Wildman–Crippen LogP) is 5.13. The van der Waals surface area contributed by atoms with Crippen LogP contribution in [0.15, 0.2) is 0 Å². The standard InChI is InChI=1S/C9H14Br3F/c10-8(6-9(11,12)13)7-4-2-1-3-5-7/h7-8H,1-6H2. The molecule has 0 bridgehead atoms. The lowest BCUT2D eigenvalue weighted by molar-refractivity contribution is 0.311. The van der Waals surface area contributed by atoms with Crippen LogP contribution in [0.5, 0.6) is 0 Å². The van der Waals surface area contributed by atoms with Gasteiger partial charge in [0.2, 0.25) is 3.49 Å². The van der Waals surface area contributed by atoms with E-state index < -0.39 is 3.49 Å². The molecule has 1 atom stereocenters. The summed E-state index contributed by atoms with van der Waals surface area (Å²) in [4.78, 5) is 0.288.